The average molecular weight is 224 g/mol. The minimum Gasteiger partial charge on any atom is -0.382 e. The maximum atomic E-state index is 5.71. The second-order valence-corrected chi connectivity index (χ2v) is 3.88. The first-order valence-corrected chi connectivity index (χ1v) is 5.47. The van der Waals surface area contributed by atoms with Gasteiger partial charge in [0, 0.05) is 0 Å². The molecular weight excluding hydrogens is 212 g/mol. The van der Waals surface area contributed by atoms with Crippen molar-refractivity contribution in [3.8, 4) is 0 Å². The molecule has 0 aliphatic heterocycles. The molecule has 1 aliphatic rings. The number of imidazole rings is 1. The van der Waals surface area contributed by atoms with E-state index in [1.165, 1.54) is 5.57 Å². The quantitative estimate of drug-likeness (QED) is 0.808. The lowest BCUT2D eigenvalue weighted by Crippen LogP contribution is -2.00. The molecule has 0 unspecified atom stereocenters. The average Bonchev–Trinajstić information content (AvgIpc) is 2.58. The second kappa shape index (κ2) is 3.90. The van der Waals surface area contributed by atoms with E-state index in [-0.39, 0.29) is 0 Å². The van der Waals surface area contributed by atoms with Crippen molar-refractivity contribution < 1.29 is 0 Å². The summed E-state index contributed by atoms with van der Waals surface area (Å²) in [5.41, 5.74) is 8.69. The SMILES string of the molecule is Nc1ccc2ncc(C3=CC=CC=CC3)n2n1. The minimum atomic E-state index is 0.497. The highest BCUT2D eigenvalue weighted by molar-refractivity contribution is 5.68. The monoisotopic (exact) mass is 224 g/mol. The Morgan fingerprint density at radius 2 is 2.12 bits per heavy atom. The van der Waals surface area contributed by atoms with Crippen molar-refractivity contribution in [2.45, 2.75) is 6.42 Å². The number of hydrogen-bond donors (Lipinski definition) is 1. The lowest BCUT2D eigenvalue weighted by atomic mass is 10.1. The number of fused-ring (bicyclic) bond motifs is 1. The van der Waals surface area contributed by atoms with Gasteiger partial charge >= 0.3 is 0 Å². The molecule has 1 aliphatic carbocycles. The largest absolute Gasteiger partial charge is 0.382 e. The molecule has 4 nitrogen and oxygen atoms in total. The van der Waals surface area contributed by atoms with Crippen molar-refractivity contribution in [3.05, 3.63) is 54.4 Å². The van der Waals surface area contributed by atoms with Crippen molar-refractivity contribution in [3.63, 3.8) is 0 Å². The maximum absolute atomic E-state index is 5.71. The molecule has 84 valence electrons. The Kier molecular flexibility index (Phi) is 2.26. The molecule has 2 heterocycles. The van der Waals surface area contributed by atoms with Crippen LogP contribution in [0.5, 0.6) is 0 Å². The summed E-state index contributed by atoms with van der Waals surface area (Å²) < 4.78 is 1.79. The molecule has 2 aromatic rings. The van der Waals surface area contributed by atoms with Crippen molar-refractivity contribution in [1.82, 2.24) is 14.6 Å². The number of aromatic nitrogens is 3. The summed E-state index contributed by atoms with van der Waals surface area (Å²) >= 11 is 0. The topological polar surface area (TPSA) is 56.2 Å². The molecule has 0 radical (unpaired) electrons. The van der Waals surface area contributed by atoms with E-state index in [1.54, 1.807) is 10.6 Å². The molecule has 0 aromatic carbocycles. The van der Waals surface area contributed by atoms with Crippen molar-refractivity contribution in [2.24, 2.45) is 0 Å². The van der Waals surface area contributed by atoms with E-state index in [2.05, 4.69) is 22.2 Å². The van der Waals surface area contributed by atoms with Gasteiger partial charge < -0.3 is 5.73 Å². The van der Waals surface area contributed by atoms with Gasteiger partial charge in [0.15, 0.2) is 5.65 Å². The van der Waals surface area contributed by atoms with E-state index in [1.807, 2.05) is 30.5 Å². The number of anilines is 1. The Bertz CT molecular complexity index is 646. The lowest BCUT2D eigenvalue weighted by molar-refractivity contribution is 0.926. The van der Waals surface area contributed by atoms with Crippen LogP contribution in [0, 0.1) is 0 Å². The van der Waals surface area contributed by atoms with Gasteiger partial charge in [0.2, 0.25) is 0 Å². The van der Waals surface area contributed by atoms with Crippen LogP contribution in [0.15, 0.2) is 48.7 Å². The third-order valence-electron chi connectivity index (χ3n) is 2.71. The van der Waals surface area contributed by atoms with Gasteiger partial charge in [-0.05, 0) is 24.1 Å². The molecule has 0 atom stereocenters. The molecule has 2 N–H and O–H groups in total. The molecule has 0 amide bonds. The summed E-state index contributed by atoms with van der Waals surface area (Å²) in [6.07, 6.45) is 13.0. The number of allylic oxidation sites excluding steroid dienone is 6. The molecule has 2 aromatic heterocycles. The van der Waals surface area contributed by atoms with Crippen LogP contribution >= 0.6 is 0 Å². The van der Waals surface area contributed by atoms with Crippen molar-refractivity contribution in [2.75, 3.05) is 5.73 Å². The van der Waals surface area contributed by atoms with Gasteiger partial charge in [0.1, 0.15) is 5.82 Å². The number of rotatable bonds is 1. The molecule has 3 rings (SSSR count). The van der Waals surface area contributed by atoms with Gasteiger partial charge in [-0.3, -0.25) is 0 Å². The fourth-order valence-electron chi connectivity index (χ4n) is 1.87. The smallest absolute Gasteiger partial charge is 0.154 e. The third-order valence-corrected chi connectivity index (χ3v) is 2.71. The normalized spacial score (nSPS) is 14.9. The Balaban J connectivity index is 2.17. The van der Waals surface area contributed by atoms with Gasteiger partial charge in [-0.2, -0.15) is 0 Å². The van der Waals surface area contributed by atoms with Crippen molar-refractivity contribution in [1.29, 1.82) is 0 Å². The summed E-state index contributed by atoms with van der Waals surface area (Å²) in [5, 5.41) is 4.28. The first-order valence-electron chi connectivity index (χ1n) is 5.47. The zero-order valence-electron chi connectivity index (χ0n) is 9.24. The standard InChI is InChI=1S/C13H12N4/c14-12-7-8-13-15-9-11(17(13)16-12)10-5-3-1-2-4-6-10/h1-5,7-9H,6H2,(H2,14,16). The van der Waals surface area contributed by atoms with E-state index in [0.717, 1.165) is 17.8 Å². The van der Waals surface area contributed by atoms with Crippen LogP contribution in [0.3, 0.4) is 0 Å². The van der Waals surface area contributed by atoms with Crippen LogP contribution in [-0.4, -0.2) is 14.6 Å². The molecule has 0 fully saturated rings. The molecule has 0 bridgehead atoms. The van der Waals surface area contributed by atoms with E-state index < -0.39 is 0 Å². The van der Waals surface area contributed by atoms with Crippen LogP contribution in [0.4, 0.5) is 5.82 Å². The Morgan fingerprint density at radius 3 is 3.06 bits per heavy atom. The Labute approximate surface area is 98.8 Å². The van der Waals surface area contributed by atoms with Gasteiger partial charge in [-0.25, -0.2) is 9.50 Å². The van der Waals surface area contributed by atoms with Crippen molar-refractivity contribution >= 4 is 17.0 Å². The minimum absolute atomic E-state index is 0.497. The van der Waals surface area contributed by atoms with Gasteiger partial charge in [-0.1, -0.05) is 30.4 Å². The summed E-state index contributed by atoms with van der Waals surface area (Å²) in [7, 11) is 0. The summed E-state index contributed by atoms with van der Waals surface area (Å²) in [4.78, 5) is 4.32. The highest BCUT2D eigenvalue weighted by Gasteiger charge is 2.08. The van der Waals surface area contributed by atoms with Crippen LogP contribution in [0.25, 0.3) is 11.2 Å². The first kappa shape index (κ1) is 9.84. The van der Waals surface area contributed by atoms with E-state index in [0.29, 0.717) is 5.82 Å². The van der Waals surface area contributed by atoms with Crippen LogP contribution in [-0.2, 0) is 0 Å². The van der Waals surface area contributed by atoms with Crippen LogP contribution < -0.4 is 5.73 Å². The summed E-state index contributed by atoms with van der Waals surface area (Å²) in [6.45, 7) is 0. The second-order valence-electron chi connectivity index (χ2n) is 3.88. The van der Waals surface area contributed by atoms with Gasteiger partial charge in [-0.15, -0.1) is 5.10 Å². The summed E-state index contributed by atoms with van der Waals surface area (Å²) in [5.74, 6) is 0.497. The Hall–Kier alpha value is -2.36. The highest BCUT2D eigenvalue weighted by atomic mass is 15.3. The number of nitrogens with zero attached hydrogens (tertiary/aromatic N) is 3. The molecule has 0 spiro atoms. The predicted octanol–water partition coefficient (Wildman–Crippen LogP) is 2.21. The maximum Gasteiger partial charge on any atom is 0.154 e. The van der Waals surface area contributed by atoms with Gasteiger partial charge in [0.05, 0.1) is 11.9 Å². The molecule has 0 saturated carbocycles. The summed E-state index contributed by atoms with van der Waals surface area (Å²) in [6, 6.07) is 3.63. The highest BCUT2D eigenvalue weighted by Crippen LogP contribution is 2.21. The molecule has 0 saturated heterocycles. The predicted molar refractivity (Wildman–Crippen MR) is 68.3 cm³/mol. The van der Waals surface area contributed by atoms with E-state index in [4.69, 9.17) is 5.73 Å². The van der Waals surface area contributed by atoms with Crippen LogP contribution in [0.1, 0.15) is 12.1 Å². The molecular formula is C13H12N4. The van der Waals surface area contributed by atoms with Gasteiger partial charge in [0.25, 0.3) is 0 Å². The van der Waals surface area contributed by atoms with Crippen LogP contribution in [0.2, 0.25) is 0 Å². The zero-order valence-corrected chi connectivity index (χ0v) is 9.24. The first-order chi connectivity index (χ1) is 8.34. The fraction of sp³-hybridized carbons (Fsp3) is 0.0769. The zero-order chi connectivity index (χ0) is 11.7. The third kappa shape index (κ3) is 1.73. The molecule has 17 heavy (non-hydrogen) atoms. The number of hydrogen-bond acceptors (Lipinski definition) is 3. The molecule has 4 heteroatoms. The van der Waals surface area contributed by atoms with E-state index >= 15 is 0 Å². The Morgan fingerprint density at radius 1 is 1.18 bits per heavy atom. The number of nitrogen functional groups attached to an aromatic ring is 1. The lowest BCUT2D eigenvalue weighted by Gasteiger charge is -2.03. The fourth-order valence-corrected chi connectivity index (χ4v) is 1.87. The number of nitrogens with two attached hydrogens (primary N) is 1. The van der Waals surface area contributed by atoms with E-state index in [9.17, 15) is 0 Å².